The van der Waals surface area contributed by atoms with E-state index in [-0.39, 0.29) is 0 Å². The number of fused-ring (bicyclic) bond motifs is 1. The highest BCUT2D eigenvalue weighted by Crippen LogP contribution is 2.34. The van der Waals surface area contributed by atoms with Crippen molar-refractivity contribution in [1.29, 1.82) is 0 Å². The van der Waals surface area contributed by atoms with Crippen molar-refractivity contribution in [2.24, 2.45) is 5.92 Å². The van der Waals surface area contributed by atoms with E-state index >= 15 is 0 Å². The molecule has 6 heteroatoms. The summed E-state index contributed by atoms with van der Waals surface area (Å²) in [6.45, 7) is 22.0. The van der Waals surface area contributed by atoms with Crippen LogP contribution < -0.4 is 10.2 Å². The summed E-state index contributed by atoms with van der Waals surface area (Å²) in [7, 11) is 0. The van der Waals surface area contributed by atoms with Crippen molar-refractivity contribution < 1.29 is 0 Å². The molecule has 0 spiro atoms. The van der Waals surface area contributed by atoms with Gasteiger partial charge >= 0.3 is 0 Å². The van der Waals surface area contributed by atoms with Gasteiger partial charge in [-0.05, 0) is 71.2 Å². The van der Waals surface area contributed by atoms with E-state index in [0.717, 1.165) is 54.8 Å². The van der Waals surface area contributed by atoms with E-state index in [2.05, 4.69) is 92.1 Å². The number of nitrogens with zero attached hydrogens (tertiary/aromatic N) is 4. The van der Waals surface area contributed by atoms with Crippen molar-refractivity contribution in [3.8, 4) is 0 Å². The summed E-state index contributed by atoms with van der Waals surface area (Å²) in [5.41, 5.74) is 6.70. The van der Waals surface area contributed by atoms with Gasteiger partial charge in [0, 0.05) is 64.2 Å². The Morgan fingerprint density at radius 1 is 1.03 bits per heavy atom. The number of hydrogen-bond acceptors (Lipinski definition) is 5. The number of rotatable bonds is 6. The number of aromatic nitrogens is 1. The molecule has 0 unspecified atom stereocenters. The van der Waals surface area contributed by atoms with Crippen LogP contribution in [0.3, 0.4) is 0 Å². The normalized spacial score (nSPS) is 18.5. The topological polar surface area (TPSA) is 34.6 Å². The Bertz CT molecular complexity index is 1170. The maximum atomic E-state index is 4.62. The molecule has 2 aromatic rings. The number of hydrogen-bond donors (Lipinski definition) is 1. The zero-order valence-corrected chi connectivity index (χ0v) is 22.6. The van der Waals surface area contributed by atoms with Gasteiger partial charge in [0.2, 0.25) is 0 Å². The first-order valence-corrected chi connectivity index (χ1v) is 13.5. The summed E-state index contributed by atoms with van der Waals surface area (Å²) in [5.74, 6) is 2.37. The van der Waals surface area contributed by atoms with E-state index in [9.17, 15) is 0 Å². The molecule has 1 saturated heterocycles. The predicted molar refractivity (Wildman–Crippen MR) is 154 cm³/mol. The Kier molecular flexibility index (Phi) is 6.91. The van der Waals surface area contributed by atoms with Crippen molar-refractivity contribution in [1.82, 2.24) is 20.1 Å². The Labute approximate surface area is 223 Å². The zero-order valence-electron chi connectivity index (χ0n) is 20.4. The molecule has 3 heterocycles. The van der Waals surface area contributed by atoms with Crippen LogP contribution in [0.25, 0.3) is 11.4 Å². The fraction of sp³-hybridized carbons (Fsp3) is 0.345. The van der Waals surface area contributed by atoms with Crippen LogP contribution in [-0.4, -0.2) is 41.0 Å². The molecule has 0 radical (unpaired) electrons. The van der Waals surface area contributed by atoms with E-state index in [0.29, 0.717) is 12.5 Å². The van der Waals surface area contributed by atoms with Crippen LogP contribution in [-0.2, 0) is 6.54 Å². The van der Waals surface area contributed by atoms with Gasteiger partial charge in [0.25, 0.3) is 0 Å². The van der Waals surface area contributed by atoms with E-state index in [1.165, 1.54) is 46.1 Å². The average Bonchev–Trinajstić information content (AvgIpc) is 3.42. The molecular formula is C29H34IN5. The number of nitrogens with one attached hydrogen (secondary N) is 1. The number of anilines is 1. The summed E-state index contributed by atoms with van der Waals surface area (Å²) in [4.78, 5) is 11.7. The fourth-order valence-electron chi connectivity index (χ4n) is 5.48. The Morgan fingerprint density at radius 2 is 1.74 bits per heavy atom. The largest absolute Gasteiger partial charge is 0.372 e. The summed E-state index contributed by atoms with van der Waals surface area (Å²) in [6.07, 6.45) is 7.15. The molecule has 1 aliphatic carbocycles. The molecule has 0 amide bonds. The van der Waals surface area contributed by atoms with Gasteiger partial charge in [0.05, 0.1) is 6.54 Å². The number of allylic oxidation sites excluding steroid dienone is 1. The summed E-state index contributed by atoms with van der Waals surface area (Å²) in [6, 6.07) is 10.6. The van der Waals surface area contributed by atoms with Crippen LogP contribution in [0.1, 0.15) is 42.4 Å². The molecule has 1 aromatic carbocycles. The van der Waals surface area contributed by atoms with Gasteiger partial charge in [-0.3, -0.25) is 0 Å². The Hall–Kier alpha value is -2.74. The number of halogens is 1. The maximum absolute atomic E-state index is 4.62. The SMILES string of the molecule is C=C1NC(=C)N(Cc2ccc(I)c(C(=C)N3CCN(C(=C)C4CCCC4)CC3)c2)c2ncccc21. The second kappa shape index (κ2) is 10.1. The lowest BCUT2D eigenvalue weighted by atomic mass is 10.0. The van der Waals surface area contributed by atoms with Gasteiger partial charge in [-0.1, -0.05) is 45.2 Å². The maximum Gasteiger partial charge on any atom is 0.143 e. The molecule has 2 fully saturated rings. The van der Waals surface area contributed by atoms with Gasteiger partial charge in [0.15, 0.2) is 0 Å². The zero-order chi connectivity index (χ0) is 24.5. The molecule has 5 nitrogen and oxygen atoms in total. The van der Waals surface area contributed by atoms with Gasteiger partial charge < -0.3 is 20.0 Å². The lowest BCUT2D eigenvalue weighted by Crippen LogP contribution is -2.45. The smallest absolute Gasteiger partial charge is 0.143 e. The Morgan fingerprint density at radius 3 is 2.49 bits per heavy atom. The molecule has 2 aliphatic heterocycles. The summed E-state index contributed by atoms with van der Waals surface area (Å²) in [5, 5.41) is 3.30. The second-order valence-corrected chi connectivity index (χ2v) is 10.9. The van der Waals surface area contributed by atoms with E-state index < -0.39 is 0 Å². The van der Waals surface area contributed by atoms with E-state index in [1.54, 1.807) is 0 Å². The first kappa shape index (κ1) is 24.0. The summed E-state index contributed by atoms with van der Waals surface area (Å²) >= 11 is 2.43. The van der Waals surface area contributed by atoms with Crippen LogP contribution in [0.5, 0.6) is 0 Å². The van der Waals surface area contributed by atoms with Crippen molar-refractivity contribution in [3.05, 3.63) is 94.6 Å². The van der Waals surface area contributed by atoms with Gasteiger partial charge in [0.1, 0.15) is 11.6 Å². The molecule has 182 valence electrons. The van der Waals surface area contributed by atoms with E-state index in [1.807, 2.05) is 18.3 Å². The molecule has 0 atom stereocenters. The van der Waals surface area contributed by atoms with Crippen LogP contribution in [0, 0.1) is 9.49 Å². The average molecular weight is 580 g/mol. The standard InChI is InChI=1S/C29H34IN5/c1-20-26-10-7-13-31-29(26)35(23(4)32-20)19-24-11-12-28(30)27(18-24)22(3)34-16-14-33(15-17-34)21(2)25-8-5-6-9-25/h7,10-13,18,25,32H,1-6,8-9,14-17,19H2. The first-order valence-electron chi connectivity index (χ1n) is 12.5. The molecule has 3 aliphatic rings. The monoisotopic (exact) mass is 579 g/mol. The fourth-order valence-corrected chi connectivity index (χ4v) is 6.13. The second-order valence-electron chi connectivity index (χ2n) is 9.72. The van der Waals surface area contributed by atoms with Crippen molar-refractivity contribution >= 4 is 39.8 Å². The van der Waals surface area contributed by atoms with Crippen molar-refractivity contribution in [2.45, 2.75) is 32.2 Å². The van der Waals surface area contributed by atoms with Gasteiger partial charge in [-0.15, -0.1) is 0 Å². The number of benzene rings is 1. The Balaban J connectivity index is 1.29. The molecular weight excluding hydrogens is 545 g/mol. The highest BCUT2D eigenvalue weighted by Gasteiger charge is 2.27. The minimum absolute atomic E-state index is 0.676. The van der Waals surface area contributed by atoms with Crippen LogP contribution in [0.2, 0.25) is 0 Å². The minimum atomic E-state index is 0.676. The van der Waals surface area contributed by atoms with Crippen LogP contribution in [0.4, 0.5) is 5.82 Å². The third-order valence-electron chi connectivity index (χ3n) is 7.56. The summed E-state index contributed by atoms with van der Waals surface area (Å²) < 4.78 is 1.22. The van der Waals surface area contributed by atoms with E-state index in [4.69, 9.17) is 0 Å². The van der Waals surface area contributed by atoms with Crippen LogP contribution >= 0.6 is 22.6 Å². The number of piperazine rings is 1. The highest BCUT2D eigenvalue weighted by atomic mass is 127. The minimum Gasteiger partial charge on any atom is -0.372 e. The molecule has 35 heavy (non-hydrogen) atoms. The van der Waals surface area contributed by atoms with Crippen molar-refractivity contribution in [2.75, 3.05) is 31.1 Å². The molecule has 0 bridgehead atoms. The molecule has 1 saturated carbocycles. The third kappa shape index (κ3) is 4.85. The number of pyridine rings is 1. The van der Waals surface area contributed by atoms with Crippen LogP contribution in [0.15, 0.2) is 74.4 Å². The molecule has 1 N–H and O–H groups in total. The van der Waals surface area contributed by atoms with Gasteiger partial charge in [-0.2, -0.15) is 0 Å². The lowest BCUT2D eigenvalue weighted by Gasteiger charge is -2.40. The predicted octanol–water partition coefficient (Wildman–Crippen LogP) is 6.03. The quantitative estimate of drug-likeness (QED) is 0.423. The lowest BCUT2D eigenvalue weighted by molar-refractivity contribution is 0.197. The van der Waals surface area contributed by atoms with Gasteiger partial charge in [-0.25, -0.2) is 4.98 Å². The first-order chi connectivity index (χ1) is 16.9. The van der Waals surface area contributed by atoms with Crippen molar-refractivity contribution in [3.63, 3.8) is 0 Å². The molecule has 1 aromatic heterocycles. The third-order valence-corrected chi connectivity index (χ3v) is 8.51. The highest BCUT2D eigenvalue weighted by molar-refractivity contribution is 14.1. The molecule has 5 rings (SSSR count).